The van der Waals surface area contributed by atoms with Crippen LogP contribution in [0.4, 0.5) is 0 Å². The van der Waals surface area contributed by atoms with Crippen molar-refractivity contribution in [2.24, 2.45) is 0 Å². The lowest BCUT2D eigenvalue weighted by atomic mass is 10.1. The van der Waals surface area contributed by atoms with Gasteiger partial charge < -0.3 is 15.2 Å². The second-order valence-electron chi connectivity index (χ2n) is 4.15. The first kappa shape index (κ1) is 13.9. The fraction of sp³-hybridized carbons (Fsp3) is 0.818. The number of ether oxygens (including phenoxy) is 1. The summed E-state index contributed by atoms with van der Waals surface area (Å²) in [6.45, 7) is 4.44. The number of morpholine rings is 1. The van der Waals surface area contributed by atoms with Crippen molar-refractivity contribution < 1.29 is 19.4 Å². The van der Waals surface area contributed by atoms with Gasteiger partial charge in [-0.05, 0) is 6.42 Å². The molecule has 0 radical (unpaired) electrons. The van der Waals surface area contributed by atoms with Crippen LogP contribution >= 0.6 is 0 Å². The Labute approximate surface area is 101 Å². The first-order valence-corrected chi connectivity index (χ1v) is 5.93. The van der Waals surface area contributed by atoms with Crippen LogP contribution in [0, 0.1) is 0 Å². The van der Waals surface area contributed by atoms with Gasteiger partial charge in [0.15, 0.2) is 0 Å². The molecule has 0 aromatic rings. The Bertz CT molecular complexity index is 270. The van der Waals surface area contributed by atoms with Crippen LogP contribution in [0.2, 0.25) is 0 Å². The highest BCUT2D eigenvalue weighted by molar-refractivity contribution is 5.78. The number of amides is 1. The SMILES string of the molecule is CCCNC(=O)CN1CCOCC1CC(=O)O. The van der Waals surface area contributed by atoms with E-state index in [2.05, 4.69) is 5.32 Å². The first-order valence-electron chi connectivity index (χ1n) is 5.93. The van der Waals surface area contributed by atoms with Crippen molar-refractivity contribution in [2.75, 3.05) is 32.8 Å². The smallest absolute Gasteiger partial charge is 0.305 e. The third-order valence-electron chi connectivity index (χ3n) is 2.68. The van der Waals surface area contributed by atoms with Crippen LogP contribution in [-0.4, -0.2) is 60.8 Å². The van der Waals surface area contributed by atoms with Crippen molar-refractivity contribution in [3.63, 3.8) is 0 Å². The Morgan fingerprint density at radius 2 is 2.29 bits per heavy atom. The van der Waals surface area contributed by atoms with Gasteiger partial charge in [0, 0.05) is 19.1 Å². The number of nitrogens with zero attached hydrogens (tertiary/aromatic N) is 1. The van der Waals surface area contributed by atoms with E-state index in [1.54, 1.807) is 0 Å². The summed E-state index contributed by atoms with van der Waals surface area (Å²) < 4.78 is 5.24. The second kappa shape index (κ2) is 7.24. The minimum Gasteiger partial charge on any atom is -0.481 e. The minimum atomic E-state index is -0.862. The Morgan fingerprint density at radius 1 is 1.53 bits per heavy atom. The molecule has 0 aliphatic carbocycles. The molecule has 98 valence electrons. The molecule has 0 saturated carbocycles. The van der Waals surface area contributed by atoms with E-state index in [9.17, 15) is 9.59 Å². The molecule has 1 unspecified atom stereocenters. The van der Waals surface area contributed by atoms with Crippen molar-refractivity contribution in [1.29, 1.82) is 0 Å². The largest absolute Gasteiger partial charge is 0.481 e. The lowest BCUT2D eigenvalue weighted by Crippen LogP contribution is -2.50. The molecule has 0 bridgehead atoms. The van der Waals surface area contributed by atoms with Gasteiger partial charge in [-0.25, -0.2) is 0 Å². The molecule has 1 aliphatic rings. The summed E-state index contributed by atoms with van der Waals surface area (Å²) in [6, 6.07) is -0.200. The number of carbonyl (C=O) groups is 2. The minimum absolute atomic E-state index is 0.0149. The van der Waals surface area contributed by atoms with Crippen LogP contribution in [0.1, 0.15) is 19.8 Å². The molecular formula is C11H20N2O4. The van der Waals surface area contributed by atoms with E-state index in [-0.39, 0.29) is 24.9 Å². The molecule has 0 aromatic heterocycles. The fourth-order valence-electron chi connectivity index (χ4n) is 1.79. The molecule has 17 heavy (non-hydrogen) atoms. The van der Waals surface area contributed by atoms with Gasteiger partial charge in [-0.2, -0.15) is 0 Å². The zero-order valence-electron chi connectivity index (χ0n) is 10.1. The number of nitrogens with one attached hydrogen (secondary N) is 1. The van der Waals surface area contributed by atoms with E-state index in [0.29, 0.717) is 26.3 Å². The summed E-state index contributed by atoms with van der Waals surface area (Å²) in [6.07, 6.45) is 0.911. The predicted molar refractivity (Wildman–Crippen MR) is 61.7 cm³/mol. The first-order chi connectivity index (χ1) is 8.13. The third kappa shape index (κ3) is 5.14. The second-order valence-corrected chi connectivity index (χ2v) is 4.15. The number of carbonyl (C=O) groups excluding carboxylic acids is 1. The number of carboxylic acids is 1. The molecular weight excluding hydrogens is 224 g/mol. The molecule has 2 N–H and O–H groups in total. The quantitative estimate of drug-likeness (QED) is 0.670. The summed E-state index contributed by atoms with van der Waals surface area (Å²) in [5.41, 5.74) is 0. The third-order valence-corrected chi connectivity index (χ3v) is 2.68. The van der Waals surface area contributed by atoms with Crippen molar-refractivity contribution in [2.45, 2.75) is 25.8 Å². The zero-order chi connectivity index (χ0) is 12.7. The van der Waals surface area contributed by atoms with Gasteiger partial charge in [0.05, 0.1) is 26.2 Å². The lowest BCUT2D eigenvalue weighted by Gasteiger charge is -2.34. The Hall–Kier alpha value is -1.14. The molecule has 1 aliphatic heterocycles. The maximum atomic E-state index is 11.6. The van der Waals surface area contributed by atoms with Crippen molar-refractivity contribution in [1.82, 2.24) is 10.2 Å². The van der Waals surface area contributed by atoms with Crippen molar-refractivity contribution in [3.8, 4) is 0 Å². The summed E-state index contributed by atoms with van der Waals surface area (Å²) in [5, 5.41) is 11.6. The highest BCUT2D eigenvalue weighted by atomic mass is 16.5. The van der Waals surface area contributed by atoms with Gasteiger partial charge in [-0.3, -0.25) is 14.5 Å². The van der Waals surface area contributed by atoms with Gasteiger partial charge in [-0.1, -0.05) is 6.92 Å². The fourth-order valence-corrected chi connectivity index (χ4v) is 1.79. The standard InChI is InChI=1S/C11H20N2O4/c1-2-3-12-10(14)7-13-4-5-17-8-9(13)6-11(15)16/h9H,2-8H2,1H3,(H,12,14)(H,15,16). The number of hydrogen-bond acceptors (Lipinski definition) is 4. The van der Waals surface area contributed by atoms with E-state index in [1.807, 2.05) is 11.8 Å². The summed E-state index contributed by atoms with van der Waals surface area (Å²) in [5.74, 6) is -0.913. The summed E-state index contributed by atoms with van der Waals surface area (Å²) in [7, 11) is 0. The van der Waals surface area contributed by atoms with Crippen LogP contribution in [0.25, 0.3) is 0 Å². The van der Waals surface area contributed by atoms with Crippen molar-refractivity contribution >= 4 is 11.9 Å². The van der Waals surface area contributed by atoms with Crippen LogP contribution in [0.15, 0.2) is 0 Å². The predicted octanol–water partition coefficient (Wildman–Crippen LogP) is -0.312. The number of aliphatic carboxylic acids is 1. The average Bonchev–Trinajstić information content (AvgIpc) is 2.28. The Kier molecular flexibility index (Phi) is 5.93. The molecule has 6 heteroatoms. The average molecular weight is 244 g/mol. The van der Waals surface area contributed by atoms with Gasteiger partial charge in [-0.15, -0.1) is 0 Å². The number of carboxylic acid groups (broad SMARTS) is 1. The maximum Gasteiger partial charge on any atom is 0.305 e. The van der Waals surface area contributed by atoms with Crippen LogP contribution in [0.3, 0.4) is 0 Å². The Balaban J connectivity index is 2.41. The Morgan fingerprint density at radius 3 is 2.94 bits per heavy atom. The maximum absolute atomic E-state index is 11.6. The topological polar surface area (TPSA) is 78.9 Å². The molecule has 0 spiro atoms. The van der Waals surface area contributed by atoms with Gasteiger partial charge in [0.1, 0.15) is 0 Å². The molecule has 1 heterocycles. The van der Waals surface area contributed by atoms with Gasteiger partial charge >= 0.3 is 5.97 Å². The lowest BCUT2D eigenvalue weighted by molar-refractivity contribution is -0.141. The van der Waals surface area contributed by atoms with Gasteiger partial charge in [0.25, 0.3) is 0 Å². The molecule has 1 atom stereocenters. The summed E-state index contributed by atoms with van der Waals surface area (Å²) >= 11 is 0. The summed E-state index contributed by atoms with van der Waals surface area (Å²) in [4.78, 5) is 24.1. The highest BCUT2D eigenvalue weighted by Gasteiger charge is 2.26. The molecule has 1 rings (SSSR count). The van der Waals surface area contributed by atoms with Crippen LogP contribution < -0.4 is 5.32 Å². The normalized spacial score (nSPS) is 21.1. The molecule has 6 nitrogen and oxygen atoms in total. The van der Waals surface area contributed by atoms with E-state index < -0.39 is 5.97 Å². The van der Waals surface area contributed by atoms with E-state index in [4.69, 9.17) is 9.84 Å². The zero-order valence-corrected chi connectivity index (χ0v) is 10.1. The number of hydrogen-bond donors (Lipinski definition) is 2. The molecule has 1 amide bonds. The molecule has 0 aromatic carbocycles. The molecule has 1 fully saturated rings. The molecule has 1 saturated heterocycles. The van der Waals surface area contributed by atoms with E-state index in [1.165, 1.54) is 0 Å². The van der Waals surface area contributed by atoms with E-state index in [0.717, 1.165) is 6.42 Å². The monoisotopic (exact) mass is 244 g/mol. The van der Waals surface area contributed by atoms with E-state index >= 15 is 0 Å². The van der Waals surface area contributed by atoms with Gasteiger partial charge in [0.2, 0.25) is 5.91 Å². The highest BCUT2D eigenvalue weighted by Crippen LogP contribution is 2.10. The van der Waals surface area contributed by atoms with Crippen molar-refractivity contribution in [3.05, 3.63) is 0 Å². The number of rotatable bonds is 6. The van der Waals surface area contributed by atoms with Crippen LogP contribution in [-0.2, 0) is 14.3 Å². The van der Waals surface area contributed by atoms with Crippen LogP contribution in [0.5, 0.6) is 0 Å².